The zero-order chi connectivity index (χ0) is 21.9. The first-order chi connectivity index (χ1) is 15.7. The molecule has 158 valence electrons. The Morgan fingerprint density at radius 3 is 2.44 bits per heavy atom. The Hall–Kier alpha value is -4.26. The summed E-state index contributed by atoms with van der Waals surface area (Å²) in [6.45, 7) is 0. The molecule has 4 aromatic rings. The standard InChI is InChI=1S/C25H20N4O3/c1-31-19-13-11-17(12-14-19)24-28-29-25(32-24)27-23-21(30)15-18-9-5-6-10-20(18)22(26-23)16-7-3-2-4-8-16/h2-14,23H,15H2,1H3,(H,27,29)/t23-/m1/s1. The Labute approximate surface area is 184 Å². The van der Waals surface area contributed by atoms with Crippen LogP contribution >= 0.6 is 0 Å². The Kier molecular flexibility index (Phi) is 5.21. The van der Waals surface area contributed by atoms with Gasteiger partial charge in [0, 0.05) is 23.1 Å². The monoisotopic (exact) mass is 424 g/mol. The van der Waals surface area contributed by atoms with Gasteiger partial charge in [-0.25, -0.2) is 0 Å². The summed E-state index contributed by atoms with van der Waals surface area (Å²) in [4.78, 5) is 17.8. The van der Waals surface area contributed by atoms with Gasteiger partial charge in [-0.1, -0.05) is 59.7 Å². The fourth-order valence-corrected chi connectivity index (χ4v) is 3.65. The molecule has 32 heavy (non-hydrogen) atoms. The van der Waals surface area contributed by atoms with Gasteiger partial charge in [0.1, 0.15) is 5.75 Å². The second-order valence-corrected chi connectivity index (χ2v) is 7.33. The second kappa shape index (κ2) is 8.47. The average molecular weight is 424 g/mol. The van der Waals surface area contributed by atoms with Crippen molar-refractivity contribution < 1.29 is 13.9 Å². The van der Waals surface area contributed by atoms with Gasteiger partial charge in [0.2, 0.25) is 5.89 Å². The summed E-state index contributed by atoms with van der Waals surface area (Å²) < 4.78 is 10.9. The molecule has 2 heterocycles. The maximum absolute atomic E-state index is 13.0. The zero-order valence-electron chi connectivity index (χ0n) is 17.4. The first-order valence-electron chi connectivity index (χ1n) is 10.2. The van der Waals surface area contributed by atoms with E-state index in [9.17, 15) is 4.79 Å². The van der Waals surface area contributed by atoms with Crippen molar-refractivity contribution in [2.24, 2.45) is 4.99 Å². The minimum Gasteiger partial charge on any atom is -0.497 e. The lowest BCUT2D eigenvalue weighted by Crippen LogP contribution is -2.29. The van der Waals surface area contributed by atoms with Crippen molar-refractivity contribution in [3.8, 4) is 17.2 Å². The fraction of sp³-hybridized carbons (Fsp3) is 0.120. The molecule has 0 fully saturated rings. The molecule has 0 amide bonds. The molecule has 1 atom stereocenters. The van der Waals surface area contributed by atoms with Crippen molar-refractivity contribution in [1.29, 1.82) is 0 Å². The molecule has 1 N–H and O–H groups in total. The van der Waals surface area contributed by atoms with Crippen molar-refractivity contribution in [3.05, 3.63) is 95.6 Å². The number of anilines is 1. The zero-order valence-corrected chi connectivity index (χ0v) is 17.4. The van der Waals surface area contributed by atoms with Crippen LogP contribution in [0.3, 0.4) is 0 Å². The van der Waals surface area contributed by atoms with Gasteiger partial charge in [-0.15, -0.1) is 5.10 Å². The molecule has 0 saturated carbocycles. The number of fused-ring (bicyclic) bond motifs is 1. The lowest BCUT2D eigenvalue weighted by molar-refractivity contribution is -0.119. The number of Topliss-reactive ketones (excluding diaryl/α,β-unsaturated/α-hetero) is 1. The highest BCUT2D eigenvalue weighted by Gasteiger charge is 2.27. The van der Waals surface area contributed by atoms with E-state index in [4.69, 9.17) is 14.1 Å². The summed E-state index contributed by atoms with van der Waals surface area (Å²) >= 11 is 0. The summed E-state index contributed by atoms with van der Waals surface area (Å²) in [5, 5.41) is 11.2. The number of carbonyl (C=O) groups is 1. The summed E-state index contributed by atoms with van der Waals surface area (Å²) in [6.07, 6.45) is -0.588. The van der Waals surface area contributed by atoms with E-state index in [1.54, 1.807) is 7.11 Å². The van der Waals surface area contributed by atoms with E-state index in [2.05, 4.69) is 15.5 Å². The summed E-state index contributed by atoms with van der Waals surface area (Å²) in [5.41, 5.74) is 4.32. The van der Waals surface area contributed by atoms with Crippen LogP contribution in [-0.2, 0) is 11.2 Å². The van der Waals surface area contributed by atoms with Crippen LogP contribution in [0.15, 0.2) is 88.3 Å². The number of ketones is 1. The second-order valence-electron chi connectivity index (χ2n) is 7.33. The van der Waals surface area contributed by atoms with Crippen molar-refractivity contribution in [2.45, 2.75) is 12.6 Å². The summed E-state index contributed by atoms with van der Waals surface area (Å²) in [7, 11) is 1.61. The molecule has 0 radical (unpaired) electrons. The van der Waals surface area contributed by atoms with Crippen molar-refractivity contribution in [1.82, 2.24) is 10.2 Å². The molecule has 0 unspecified atom stereocenters. The lowest BCUT2D eigenvalue weighted by Gasteiger charge is -2.11. The van der Waals surface area contributed by atoms with E-state index >= 15 is 0 Å². The number of nitrogens with one attached hydrogen (secondary N) is 1. The number of aliphatic imine (C=N–C) groups is 1. The highest BCUT2D eigenvalue weighted by atomic mass is 16.5. The molecule has 0 aliphatic carbocycles. The molecule has 1 aliphatic rings. The number of carbonyl (C=O) groups excluding carboxylic acids is 1. The fourth-order valence-electron chi connectivity index (χ4n) is 3.65. The maximum Gasteiger partial charge on any atom is 0.317 e. The highest BCUT2D eigenvalue weighted by molar-refractivity contribution is 6.16. The van der Waals surface area contributed by atoms with E-state index in [0.717, 1.165) is 33.7 Å². The Balaban J connectivity index is 1.47. The predicted octanol–water partition coefficient (Wildman–Crippen LogP) is 4.15. The van der Waals surface area contributed by atoms with Crippen LogP contribution < -0.4 is 10.1 Å². The minimum atomic E-state index is -0.846. The first kappa shape index (κ1) is 19.7. The number of benzene rings is 3. The topological polar surface area (TPSA) is 89.6 Å². The number of hydrogen-bond donors (Lipinski definition) is 1. The largest absolute Gasteiger partial charge is 0.497 e. The van der Waals surface area contributed by atoms with E-state index in [0.29, 0.717) is 5.89 Å². The highest BCUT2D eigenvalue weighted by Crippen LogP contribution is 2.25. The number of aromatic nitrogens is 2. The molecule has 0 spiro atoms. The number of nitrogens with zero attached hydrogens (tertiary/aromatic N) is 3. The molecule has 3 aromatic carbocycles. The van der Waals surface area contributed by atoms with Gasteiger partial charge in [0.05, 0.1) is 12.8 Å². The van der Waals surface area contributed by atoms with Gasteiger partial charge >= 0.3 is 6.01 Å². The molecular formula is C25H20N4O3. The third-order valence-electron chi connectivity index (χ3n) is 5.27. The predicted molar refractivity (Wildman–Crippen MR) is 121 cm³/mol. The van der Waals surface area contributed by atoms with Crippen LogP contribution in [0.25, 0.3) is 11.5 Å². The lowest BCUT2D eigenvalue weighted by atomic mass is 9.96. The number of ether oxygens (including phenoxy) is 1. The first-order valence-corrected chi connectivity index (χ1v) is 10.2. The number of methoxy groups -OCH3 is 1. The Bertz CT molecular complexity index is 1280. The third-order valence-corrected chi connectivity index (χ3v) is 5.27. The molecule has 5 rings (SSSR count). The average Bonchev–Trinajstić information content (AvgIpc) is 3.26. The molecule has 0 bridgehead atoms. The summed E-state index contributed by atoms with van der Waals surface area (Å²) in [6, 6.07) is 25.1. The Morgan fingerprint density at radius 1 is 0.906 bits per heavy atom. The Morgan fingerprint density at radius 2 is 1.66 bits per heavy atom. The molecule has 7 nitrogen and oxygen atoms in total. The smallest absolute Gasteiger partial charge is 0.317 e. The van der Waals surface area contributed by atoms with Gasteiger partial charge in [-0.05, 0) is 29.8 Å². The van der Waals surface area contributed by atoms with Gasteiger partial charge < -0.3 is 14.5 Å². The van der Waals surface area contributed by atoms with E-state index in [-0.39, 0.29) is 18.2 Å². The van der Waals surface area contributed by atoms with Crippen LogP contribution in [0.1, 0.15) is 16.7 Å². The van der Waals surface area contributed by atoms with Gasteiger partial charge in [0.15, 0.2) is 11.9 Å². The number of rotatable bonds is 5. The van der Waals surface area contributed by atoms with Gasteiger partial charge in [-0.3, -0.25) is 9.79 Å². The SMILES string of the molecule is COc1ccc(-c2nnc(N[C@H]3N=C(c4ccccc4)c4ccccc4CC3=O)o2)cc1. The van der Waals surface area contributed by atoms with E-state index in [1.807, 2.05) is 78.9 Å². The number of hydrogen-bond acceptors (Lipinski definition) is 7. The third kappa shape index (κ3) is 3.88. The maximum atomic E-state index is 13.0. The van der Waals surface area contributed by atoms with E-state index < -0.39 is 6.17 Å². The van der Waals surface area contributed by atoms with Crippen LogP contribution in [0.4, 0.5) is 6.01 Å². The quantitative estimate of drug-likeness (QED) is 0.518. The van der Waals surface area contributed by atoms with Gasteiger partial charge in [0.25, 0.3) is 0 Å². The molecule has 1 aromatic heterocycles. The van der Waals surface area contributed by atoms with E-state index in [1.165, 1.54) is 0 Å². The molecule has 1 aliphatic heterocycles. The molecule has 7 heteroatoms. The van der Waals surface area contributed by atoms with Gasteiger partial charge in [-0.2, -0.15) is 0 Å². The van der Waals surface area contributed by atoms with Crippen molar-refractivity contribution in [3.63, 3.8) is 0 Å². The minimum absolute atomic E-state index is 0.0763. The van der Waals surface area contributed by atoms with Crippen molar-refractivity contribution >= 4 is 17.5 Å². The van der Waals surface area contributed by atoms with Crippen LogP contribution in [-0.4, -0.2) is 35.0 Å². The van der Waals surface area contributed by atoms with Crippen LogP contribution in [0.2, 0.25) is 0 Å². The normalized spacial score (nSPS) is 15.5. The summed E-state index contributed by atoms with van der Waals surface area (Å²) in [5.74, 6) is 0.998. The van der Waals surface area contributed by atoms with Crippen LogP contribution in [0, 0.1) is 0 Å². The van der Waals surface area contributed by atoms with Crippen molar-refractivity contribution in [2.75, 3.05) is 12.4 Å². The molecule has 0 saturated heterocycles. The van der Waals surface area contributed by atoms with Crippen LogP contribution in [0.5, 0.6) is 5.75 Å². The molecular weight excluding hydrogens is 404 g/mol.